The van der Waals surface area contributed by atoms with Gasteiger partial charge >= 0.3 is 5.97 Å². The fourth-order valence-electron chi connectivity index (χ4n) is 3.65. The highest BCUT2D eigenvalue weighted by Gasteiger charge is 2.32. The highest BCUT2D eigenvalue weighted by molar-refractivity contribution is 5.95. The lowest BCUT2D eigenvalue weighted by atomic mass is 9.87. The van der Waals surface area contributed by atoms with Crippen LogP contribution >= 0.6 is 0 Å². The highest BCUT2D eigenvalue weighted by atomic mass is 16.5. The molecule has 0 aromatic heterocycles. The van der Waals surface area contributed by atoms with Crippen LogP contribution in [-0.4, -0.2) is 18.0 Å². The number of rotatable bonds is 2. The van der Waals surface area contributed by atoms with Crippen LogP contribution in [0.15, 0.2) is 48.5 Å². The van der Waals surface area contributed by atoms with Crippen molar-refractivity contribution in [1.82, 2.24) is 5.32 Å². The first kappa shape index (κ1) is 14.9. The summed E-state index contributed by atoms with van der Waals surface area (Å²) in [6.45, 7) is 0. The number of carbonyl (C=O) groups excluding carboxylic acids is 2. The van der Waals surface area contributed by atoms with Gasteiger partial charge in [0.2, 0.25) is 0 Å². The van der Waals surface area contributed by atoms with Crippen LogP contribution in [0.2, 0.25) is 0 Å². The molecule has 0 fully saturated rings. The van der Waals surface area contributed by atoms with Gasteiger partial charge in [-0.15, -0.1) is 0 Å². The molecule has 0 radical (unpaired) electrons. The molecule has 0 spiro atoms. The summed E-state index contributed by atoms with van der Waals surface area (Å²) in [7, 11) is 0. The number of esters is 1. The van der Waals surface area contributed by atoms with Crippen molar-refractivity contribution in [3.8, 4) is 0 Å². The maximum atomic E-state index is 12.6. The third-order valence-corrected chi connectivity index (χ3v) is 4.87. The Morgan fingerprint density at radius 3 is 2.67 bits per heavy atom. The predicted molar refractivity (Wildman–Crippen MR) is 89.6 cm³/mol. The molecular weight excluding hydrogens is 302 g/mol. The Morgan fingerprint density at radius 2 is 1.79 bits per heavy atom. The van der Waals surface area contributed by atoms with Gasteiger partial charge in [-0.25, -0.2) is 4.79 Å². The average Bonchev–Trinajstić information content (AvgIpc) is 2.62. The molecule has 2 aromatic carbocycles. The lowest BCUT2D eigenvalue weighted by molar-refractivity contribution is -0.131. The Morgan fingerprint density at radius 1 is 1.04 bits per heavy atom. The maximum Gasteiger partial charge on any atom is 0.339 e. The minimum atomic E-state index is -0.749. The van der Waals surface area contributed by atoms with Crippen molar-refractivity contribution < 1.29 is 14.3 Å². The van der Waals surface area contributed by atoms with Crippen LogP contribution in [0.3, 0.4) is 0 Å². The van der Waals surface area contributed by atoms with Crippen LogP contribution in [-0.2, 0) is 22.4 Å². The van der Waals surface area contributed by atoms with Gasteiger partial charge in [-0.05, 0) is 42.0 Å². The molecule has 4 heteroatoms. The summed E-state index contributed by atoms with van der Waals surface area (Å²) < 4.78 is 5.35. The normalized spacial score (nSPS) is 22.1. The van der Waals surface area contributed by atoms with Crippen LogP contribution in [0.5, 0.6) is 0 Å². The van der Waals surface area contributed by atoms with Crippen molar-refractivity contribution in [2.75, 3.05) is 0 Å². The highest BCUT2D eigenvalue weighted by Crippen LogP contribution is 2.30. The van der Waals surface area contributed by atoms with E-state index in [0.717, 1.165) is 24.8 Å². The van der Waals surface area contributed by atoms with Crippen LogP contribution < -0.4 is 5.32 Å². The Hall–Kier alpha value is -2.62. The van der Waals surface area contributed by atoms with Gasteiger partial charge in [0.25, 0.3) is 5.91 Å². The summed E-state index contributed by atoms with van der Waals surface area (Å²) in [5, 5.41) is 3.08. The zero-order chi connectivity index (χ0) is 16.5. The van der Waals surface area contributed by atoms with Gasteiger partial charge in [0, 0.05) is 6.42 Å². The van der Waals surface area contributed by atoms with E-state index in [1.54, 1.807) is 12.1 Å². The average molecular weight is 321 g/mol. The summed E-state index contributed by atoms with van der Waals surface area (Å²) in [5.41, 5.74) is 3.90. The van der Waals surface area contributed by atoms with Crippen molar-refractivity contribution >= 4 is 11.9 Å². The number of ether oxygens (including phenoxy) is 1. The molecule has 1 heterocycles. The van der Waals surface area contributed by atoms with Crippen LogP contribution in [0.1, 0.15) is 45.9 Å². The van der Waals surface area contributed by atoms with Crippen molar-refractivity contribution in [1.29, 1.82) is 0 Å². The van der Waals surface area contributed by atoms with Crippen LogP contribution in [0.4, 0.5) is 0 Å². The number of carbonyl (C=O) groups is 2. The van der Waals surface area contributed by atoms with E-state index < -0.39 is 12.1 Å². The Bertz CT molecular complexity index is 799. The molecule has 0 unspecified atom stereocenters. The lowest BCUT2D eigenvalue weighted by Gasteiger charge is -2.29. The summed E-state index contributed by atoms with van der Waals surface area (Å²) >= 11 is 0. The zero-order valence-electron chi connectivity index (χ0n) is 13.3. The van der Waals surface area contributed by atoms with Crippen LogP contribution in [0, 0.1) is 0 Å². The Kier molecular flexibility index (Phi) is 3.81. The quantitative estimate of drug-likeness (QED) is 0.865. The number of nitrogens with one attached hydrogen (secondary N) is 1. The second kappa shape index (κ2) is 6.11. The van der Waals surface area contributed by atoms with E-state index in [-0.39, 0.29) is 11.9 Å². The second-order valence-electron chi connectivity index (χ2n) is 6.41. The van der Waals surface area contributed by atoms with E-state index in [1.165, 1.54) is 11.1 Å². The maximum absolute atomic E-state index is 12.6. The topological polar surface area (TPSA) is 55.4 Å². The molecule has 24 heavy (non-hydrogen) atoms. The fourth-order valence-corrected chi connectivity index (χ4v) is 3.65. The van der Waals surface area contributed by atoms with Crippen LogP contribution in [0.25, 0.3) is 0 Å². The van der Waals surface area contributed by atoms with Crippen molar-refractivity contribution in [3.05, 3.63) is 70.8 Å². The van der Waals surface area contributed by atoms with Gasteiger partial charge in [-0.3, -0.25) is 4.79 Å². The van der Waals surface area contributed by atoms with E-state index in [9.17, 15) is 9.59 Å². The molecule has 4 rings (SSSR count). The van der Waals surface area contributed by atoms with E-state index in [0.29, 0.717) is 12.0 Å². The van der Waals surface area contributed by atoms with Gasteiger partial charge in [0.15, 0.2) is 6.10 Å². The molecule has 122 valence electrons. The van der Waals surface area contributed by atoms with Gasteiger partial charge < -0.3 is 10.1 Å². The first-order valence-electron chi connectivity index (χ1n) is 8.39. The summed E-state index contributed by atoms with van der Waals surface area (Å²) in [6.07, 6.45) is 2.70. The number of cyclic esters (lactones) is 1. The molecule has 2 aromatic rings. The molecule has 0 bridgehead atoms. The van der Waals surface area contributed by atoms with E-state index in [1.807, 2.05) is 24.3 Å². The number of hydrogen-bond acceptors (Lipinski definition) is 3. The number of aryl methyl sites for hydroxylation is 1. The first-order valence-corrected chi connectivity index (χ1v) is 8.39. The molecule has 1 aliphatic carbocycles. The minimum absolute atomic E-state index is 0.00155. The molecule has 1 aliphatic heterocycles. The molecule has 4 nitrogen and oxygen atoms in total. The molecular formula is C20H19NO3. The fraction of sp³-hybridized carbons (Fsp3) is 0.300. The SMILES string of the molecule is O=C1O[C@@H](C(=O)N[C@@H]2CCCc3ccccc32)Cc2ccccc21. The Balaban J connectivity index is 1.51. The molecule has 2 aliphatic rings. The number of benzene rings is 2. The number of amides is 1. The van der Waals surface area contributed by atoms with Crippen molar-refractivity contribution in [3.63, 3.8) is 0 Å². The molecule has 0 saturated carbocycles. The monoisotopic (exact) mass is 321 g/mol. The van der Waals surface area contributed by atoms with Gasteiger partial charge in [-0.2, -0.15) is 0 Å². The molecule has 0 saturated heterocycles. The molecule has 1 N–H and O–H groups in total. The summed E-state index contributed by atoms with van der Waals surface area (Å²) in [4.78, 5) is 24.7. The van der Waals surface area contributed by atoms with E-state index in [2.05, 4.69) is 17.4 Å². The largest absolute Gasteiger partial charge is 0.448 e. The van der Waals surface area contributed by atoms with Gasteiger partial charge in [0.1, 0.15) is 0 Å². The van der Waals surface area contributed by atoms with E-state index >= 15 is 0 Å². The minimum Gasteiger partial charge on any atom is -0.448 e. The smallest absolute Gasteiger partial charge is 0.339 e. The standard InChI is InChI=1S/C20H19NO3/c22-19(18-12-14-7-2-4-10-16(14)20(23)24-18)21-17-11-5-8-13-6-1-3-9-15(13)17/h1-4,6-7,9-10,17-18H,5,8,11-12H2,(H,21,22)/t17-,18-/m1/s1. The zero-order valence-corrected chi connectivity index (χ0v) is 13.3. The third-order valence-electron chi connectivity index (χ3n) is 4.87. The summed E-state index contributed by atoms with van der Waals surface area (Å²) in [5.74, 6) is -0.624. The third kappa shape index (κ3) is 2.68. The first-order chi connectivity index (χ1) is 11.7. The lowest BCUT2D eigenvalue weighted by Crippen LogP contribution is -2.43. The Labute approximate surface area is 140 Å². The molecule has 2 atom stereocenters. The second-order valence-corrected chi connectivity index (χ2v) is 6.41. The van der Waals surface area contributed by atoms with E-state index in [4.69, 9.17) is 4.74 Å². The molecule has 1 amide bonds. The number of fused-ring (bicyclic) bond motifs is 2. The van der Waals surface area contributed by atoms with Gasteiger partial charge in [0.05, 0.1) is 11.6 Å². The number of hydrogen-bond donors (Lipinski definition) is 1. The summed E-state index contributed by atoms with van der Waals surface area (Å²) in [6, 6.07) is 15.5. The van der Waals surface area contributed by atoms with Crippen molar-refractivity contribution in [2.24, 2.45) is 0 Å². The van der Waals surface area contributed by atoms with Crippen molar-refractivity contribution in [2.45, 2.75) is 37.8 Å². The predicted octanol–water partition coefficient (Wildman–Crippen LogP) is 2.96. The van der Waals surface area contributed by atoms with Gasteiger partial charge in [-0.1, -0.05) is 42.5 Å².